The normalized spacial score (nSPS) is 20.5. The van der Waals surface area contributed by atoms with Gasteiger partial charge in [-0.2, -0.15) is 0 Å². The Labute approximate surface area is 181 Å². The maximum atomic E-state index is 15.1. The van der Waals surface area contributed by atoms with Crippen molar-refractivity contribution in [2.45, 2.75) is 39.2 Å². The van der Waals surface area contributed by atoms with Gasteiger partial charge in [0.05, 0.1) is 5.39 Å². The van der Waals surface area contributed by atoms with Crippen LogP contribution < -0.4 is 16.1 Å². The minimum Gasteiger partial charge on any atom is -0.477 e. The van der Waals surface area contributed by atoms with Gasteiger partial charge in [0.2, 0.25) is 5.43 Å². The number of fused-ring (bicyclic) bond motifs is 1. The van der Waals surface area contributed by atoms with Gasteiger partial charge in [-0.3, -0.25) is 4.79 Å². The van der Waals surface area contributed by atoms with Crippen molar-refractivity contribution in [2.75, 3.05) is 24.5 Å². The lowest BCUT2D eigenvalue weighted by Crippen LogP contribution is -2.43. The zero-order valence-corrected chi connectivity index (χ0v) is 18.5. The number of nitrogens with zero attached hydrogens (tertiary/aromatic N) is 3. The van der Waals surface area contributed by atoms with E-state index >= 15 is 4.39 Å². The van der Waals surface area contributed by atoms with Crippen molar-refractivity contribution in [3.63, 3.8) is 0 Å². The number of anilines is 1. The van der Waals surface area contributed by atoms with Crippen LogP contribution in [0.1, 0.15) is 49.5 Å². The number of aromatic nitrogens is 2. The number of nitrogens with two attached hydrogens (primary N) is 1. The molecule has 160 valence electrons. The highest BCUT2D eigenvalue weighted by atomic mass is 79.9. The standard InChI is InChI=1S/C21H24BrFN4O3/c1-21(2)10-26(6-5-14(21)15(22)8-24)19-16(23)7-12-17(28)13(20(29)30)9-27(11-3-4-11)18(12)25-19/h7,9,11H,3-6,8,10,24H2,1-2H3,(H,29,30)/b15-14+. The fraction of sp³-hybridized carbons (Fsp3) is 0.476. The SMILES string of the molecule is CC1(C)CN(c2nc3c(cc2F)c(=O)c(C(=O)O)cn3C2CC2)CC/C1=C(\Br)CN. The second-order valence-corrected chi connectivity index (χ2v) is 9.58. The van der Waals surface area contributed by atoms with Crippen LogP contribution in [0.3, 0.4) is 0 Å². The minimum absolute atomic E-state index is 0.00535. The number of aromatic carboxylic acids is 1. The van der Waals surface area contributed by atoms with E-state index in [-0.39, 0.29) is 28.2 Å². The Bertz CT molecular complexity index is 1140. The Morgan fingerprint density at radius 3 is 2.70 bits per heavy atom. The van der Waals surface area contributed by atoms with E-state index in [1.54, 1.807) is 4.57 Å². The van der Waals surface area contributed by atoms with Crippen LogP contribution in [0, 0.1) is 11.2 Å². The molecule has 4 rings (SSSR count). The summed E-state index contributed by atoms with van der Waals surface area (Å²) in [6.07, 6.45) is 3.82. The molecular formula is C21H24BrFN4O3. The Balaban J connectivity index is 1.83. The maximum absolute atomic E-state index is 15.1. The summed E-state index contributed by atoms with van der Waals surface area (Å²) in [7, 11) is 0. The second kappa shape index (κ2) is 7.46. The molecular weight excluding hydrogens is 455 g/mol. The first-order chi connectivity index (χ1) is 14.1. The van der Waals surface area contributed by atoms with Gasteiger partial charge in [0.25, 0.3) is 0 Å². The molecule has 1 saturated carbocycles. The summed E-state index contributed by atoms with van der Waals surface area (Å²) in [6.45, 7) is 5.71. The molecule has 0 spiro atoms. The molecule has 0 amide bonds. The van der Waals surface area contributed by atoms with Gasteiger partial charge in [-0.05, 0) is 30.9 Å². The average Bonchev–Trinajstić information content (AvgIpc) is 3.51. The van der Waals surface area contributed by atoms with E-state index in [1.807, 2.05) is 4.90 Å². The van der Waals surface area contributed by atoms with Crippen LogP contribution in [0.2, 0.25) is 0 Å². The maximum Gasteiger partial charge on any atom is 0.341 e. The molecule has 0 unspecified atom stereocenters. The van der Waals surface area contributed by atoms with Gasteiger partial charge in [0.15, 0.2) is 11.6 Å². The van der Waals surface area contributed by atoms with Crippen LogP contribution in [-0.2, 0) is 0 Å². The molecule has 3 heterocycles. The molecule has 3 N–H and O–H groups in total. The van der Waals surface area contributed by atoms with E-state index in [4.69, 9.17) is 5.73 Å². The lowest BCUT2D eigenvalue weighted by molar-refractivity contribution is 0.0695. The zero-order chi connectivity index (χ0) is 21.8. The third kappa shape index (κ3) is 3.54. The molecule has 2 aromatic heterocycles. The first-order valence-electron chi connectivity index (χ1n) is 9.95. The third-order valence-corrected chi connectivity index (χ3v) is 6.75. The van der Waals surface area contributed by atoms with Crippen LogP contribution in [0.4, 0.5) is 10.2 Å². The highest BCUT2D eigenvalue weighted by Gasteiger charge is 2.35. The lowest BCUT2D eigenvalue weighted by atomic mass is 9.78. The highest BCUT2D eigenvalue weighted by Crippen LogP contribution is 2.40. The summed E-state index contributed by atoms with van der Waals surface area (Å²) in [6, 6.07) is 1.23. The molecule has 0 radical (unpaired) electrons. The second-order valence-electron chi connectivity index (χ2n) is 8.62. The molecule has 7 nitrogen and oxygen atoms in total. The third-order valence-electron chi connectivity index (χ3n) is 5.95. The lowest BCUT2D eigenvalue weighted by Gasteiger charge is -2.41. The number of pyridine rings is 2. The Morgan fingerprint density at radius 1 is 1.43 bits per heavy atom. The number of rotatable bonds is 4. The van der Waals surface area contributed by atoms with Crippen molar-refractivity contribution < 1.29 is 14.3 Å². The molecule has 0 aromatic carbocycles. The Kier molecular flexibility index (Phi) is 5.22. The predicted molar refractivity (Wildman–Crippen MR) is 117 cm³/mol. The van der Waals surface area contributed by atoms with Crippen LogP contribution in [0.25, 0.3) is 11.0 Å². The molecule has 2 aromatic rings. The molecule has 2 aliphatic rings. The van der Waals surface area contributed by atoms with E-state index in [9.17, 15) is 14.7 Å². The number of carboxylic acids is 1. The number of halogens is 2. The van der Waals surface area contributed by atoms with Crippen molar-refractivity contribution in [1.82, 2.24) is 9.55 Å². The molecule has 0 bridgehead atoms. The molecule has 1 saturated heterocycles. The summed E-state index contributed by atoms with van der Waals surface area (Å²) >= 11 is 3.56. The van der Waals surface area contributed by atoms with Crippen molar-refractivity contribution >= 4 is 38.8 Å². The summed E-state index contributed by atoms with van der Waals surface area (Å²) in [4.78, 5) is 30.5. The Hall–Kier alpha value is -2.26. The van der Waals surface area contributed by atoms with E-state index in [2.05, 4.69) is 34.8 Å². The number of hydrogen-bond donors (Lipinski definition) is 2. The fourth-order valence-corrected chi connectivity index (χ4v) is 5.02. The first kappa shape index (κ1) is 21.0. The highest BCUT2D eigenvalue weighted by molar-refractivity contribution is 9.11. The fourth-order valence-electron chi connectivity index (χ4n) is 4.29. The average molecular weight is 479 g/mol. The molecule has 1 aliphatic carbocycles. The first-order valence-corrected chi connectivity index (χ1v) is 10.7. The molecule has 30 heavy (non-hydrogen) atoms. The number of piperidine rings is 1. The van der Waals surface area contributed by atoms with Crippen molar-refractivity contribution in [3.05, 3.63) is 43.9 Å². The van der Waals surface area contributed by atoms with E-state index in [1.165, 1.54) is 11.8 Å². The zero-order valence-electron chi connectivity index (χ0n) is 16.9. The van der Waals surface area contributed by atoms with Gasteiger partial charge >= 0.3 is 5.97 Å². The van der Waals surface area contributed by atoms with Gasteiger partial charge < -0.3 is 20.3 Å². The molecule has 1 aliphatic heterocycles. The summed E-state index contributed by atoms with van der Waals surface area (Å²) in [5.41, 5.74) is 6.04. The molecule has 2 fully saturated rings. The largest absolute Gasteiger partial charge is 0.477 e. The van der Waals surface area contributed by atoms with E-state index < -0.39 is 17.2 Å². The Morgan fingerprint density at radius 2 is 2.13 bits per heavy atom. The van der Waals surface area contributed by atoms with Crippen LogP contribution >= 0.6 is 15.9 Å². The van der Waals surface area contributed by atoms with Crippen molar-refractivity contribution in [2.24, 2.45) is 11.1 Å². The monoisotopic (exact) mass is 478 g/mol. The number of carbonyl (C=O) groups is 1. The molecule has 0 atom stereocenters. The van der Waals surface area contributed by atoms with Gasteiger partial charge in [0.1, 0.15) is 11.2 Å². The van der Waals surface area contributed by atoms with Crippen LogP contribution in [0.15, 0.2) is 27.1 Å². The van der Waals surface area contributed by atoms with Crippen molar-refractivity contribution in [3.8, 4) is 0 Å². The summed E-state index contributed by atoms with van der Waals surface area (Å²) in [5, 5.41) is 9.38. The van der Waals surface area contributed by atoms with Crippen LogP contribution in [0.5, 0.6) is 0 Å². The quantitative estimate of drug-likeness (QED) is 0.697. The van der Waals surface area contributed by atoms with Gasteiger partial charge in [-0.15, -0.1) is 0 Å². The molecule has 9 heteroatoms. The van der Waals surface area contributed by atoms with Crippen LogP contribution in [-0.4, -0.2) is 40.3 Å². The smallest absolute Gasteiger partial charge is 0.341 e. The summed E-state index contributed by atoms with van der Waals surface area (Å²) < 4.78 is 17.8. The van der Waals surface area contributed by atoms with E-state index in [0.717, 1.165) is 29.8 Å². The minimum atomic E-state index is -1.32. The topological polar surface area (TPSA) is 101 Å². The van der Waals surface area contributed by atoms with Gasteiger partial charge in [-0.25, -0.2) is 14.2 Å². The van der Waals surface area contributed by atoms with E-state index in [0.29, 0.717) is 25.3 Å². The van der Waals surface area contributed by atoms with Crippen molar-refractivity contribution in [1.29, 1.82) is 0 Å². The number of carboxylic acid groups (broad SMARTS) is 1. The summed E-state index contributed by atoms with van der Waals surface area (Å²) in [5.74, 6) is -1.75. The van der Waals surface area contributed by atoms with Gasteiger partial charge in [0, 0.05) is 41.8 Å². The number of hydrogen-bond acceptors (Lipinski definition) is 5. The predicted octanol–water partition coefficient (Wildman–Crippen LogP) is 3.41. The van der Waals surface area contributed by atoms with Gasteiger partial charge in [-0.1, -0.05) is 29.8 Å².